The van der Waals surface area contributed by atoms with Gasteiger partial charge < -0.3 is 10.2 Å². The molecule has 0 amide bonds. The lowest BCUT2D eigenvalue weighted by Crippen LogP contribution is -2.23. The molecule has 0 saturated carbocycles. The van der Waals surface area contributed by atoms with Crippen molar-refractivity contribution >= 4 is 17.3 Å². The van der Waals surface area contributed by atoms with E-state index in [1.807, 2.05) is 18.2 Å². The Balaban J connectivity index is 2.33. The van der Waals surface area contributed by atoms with Crippen molar-refractivity contribution in [1.29, 1.82) is 0 Å². The summed E-state index contributed by atoms with van der Waals surface area (Å²) in [6.45, 7) is 3.14. The summed E-state index contributed by atoms with van der Waals surface area (Å²) < 4.78 is 0. The quantitative estimate of drug-likeness (QED) is 0.845. The highest BCUT2D eigenvalue weighted by Crippen LogP contribution is 2.29. The molecule has 2 rings (SSSR count). The van der Waals surface area contributed by atoms with Crippen molar-refractivity contribution in [3.05, 3.63) is 64.7 Å². The fraction of sp³-hybridized carbons (Fsp3) is 0.333. The van der Waals surface area contributed by atoms with Gasteiger partial charge in [-0.05, 0) is 42.3 Å². The molecular weight excluding hydrogens is 280 g/mol. The van der Waals surface area contributed by atoms with Crippen LogP contribution in [-0.4, -0.2) is 20.6 Å². The van der Waals surface area contributed by atoms with Crippen LogP contribution in [0, 0.1) is 0 Å². The molecular formula is C18H23ClN2. The Kier molecular flexibility index (Phi) is 5.66. The fourth-order valence-corrected chi connectivity index (χ4v) is 2.62. The smallest absolute Gasteiger partial charge is 0.0591 e. The fourth-order valence-electron chi connectivity index (χ4n) is 2.37. The van der Waals surface area contributed by atoms with Crippen LogP contribution in [0.5, 0.6) is 0 Å². The lowest BCUT2D eigenvalue weighted by Gasteiger charge is -2.22. The molecule has 0 aliphatic carbocycles. The molecule has 0 aliphatic heterocycles. The van der Waals surface area contributed by atoms with E-state index in [1.165, 1.54) is 11.3 Å². The van der Waals surface area contributed by atoms with E-state index >= 15 is 0 Å². The Morgan fingerprint density at radius 3 is 2.29 bits per heavy atom. The summed E-state index contributed by atoms with van der Waals surface area (Å²) in [6.07, 6.45) is 1.09. The highest BCUT2D eigenvalue weighted by atomic mass is 35.5. The molecule has 112 valence electrons. The van der Waals surface area contributed by atoms with Crippen molar-refractivity contribution in [2.75, 3.05) is 25.5 Å². The second-order valence-electron chi connectivity index (χ2n) is 5.39. The van der Waals surface area contributed by atoms with Gasteiger partial charge in [-0.1, -0.05) is 48.9 Å². The highest BCUT2D eigenvalue weighted by Gasteiger charge is 2.16. The van der Waals surface area contributed by atoms with Crippen LogP contribution in [0.4, 0.5) is 5.69 Å². The zero-order valence-electron chi connectivity index (χ0n) is 12.9. The van der Waals surface area contributed by atoms with Gasteiger partial charge in [0.2, 0.25) is 0 Å². The molecule has 2 nitrogen and oxygen atoms in total. The maximum absolute atomic E-state index is 6.38. The molecule has 0 radical (unpaired) electrons. The van der Waals surface area contributed by atoms with Crippen molar-refractivity contribution in [3.63, 3.8) is 0 Å². The van der Waals surface area contributed by atoms with E-state index in [0.717, 1.165) is 23.6 Å². The van der Waals surface area contributed by atoms with E-state index in [9.17, 15) is 0 Å². The van der Waals surface area contributed by atoms with Crippen molar-refractivity contribution < 1.29 is 0 Å². The Bertz CT molecular complexity index is 564. The van der Waals surface area contributed by atoms with Crippen LogP contribution >= 0.6 is 11.6 Å². The predicted octanol–water partition coefficient (Wildman–Crippen LogP) is 4.50. The van der Waals surface area contributed by atoms with E-state index in [-0.39, 0.29) is 6.04 Å². The van der Waals surface area contributed by atoms with Crippen LogP contribution in [0.1, 0.15) is 30.5 Å². The molecule has 2 aromatic rings. The van der Waals surface area contributed by atoms with Crippen LogP contribution < -0.4 is 10.2 Å². The number of halogens is 1. The molecule has 0 spiro atoms. The summed E-state index contributed by atoms with van der Waals surface area (Å²) in [4.78, 5) is 2.10. The molecule has 1 atom stereocenters. The summed E-state index contributed by atoms with van der Waals surface area (Å²) >= 11 is 6.38. The molecule has 0 heterocycles. The summed E-state index contributed by atoms with van der Waals surface area (Å²) in [5.74, 6) is 0. The van der Waals surface area contributed by atoms with Gasteiger partial charge in [-0.15, -0.1) is 0 Å². The Labute approximate surface area is 132 Å². The van der Waals surface area contributed by atoms with Crippen molar-refractivity contribution in [2.45, 2.75) is 19.4 Å². The lowest BCUT2D eigenvalue weighted by molar-refractivity contribution is 0.599. The Morgan fingerprint density at radius 1 is 1.05 bits per heavy atom. The third-order valence-electron chi connectivity index (χ3n) is 3.56. The molecule has 1 N–H and O–H groups in total. The zero-order valence-corrected chi connectivity index (χ0v) is 13.7. The Morgan fingerprint density at radius 2 is 1.71 bits per heavy atom. The second-order valence-corrected chi connectivity index (χ2v) is 5.80. The number of nitrogens with one attached hydrogen (secondary N) is 1. The first kappa shape index (κ1) is 15.9. The second kappa shape index (κ2) is 7.48. The van der Waals surface area contributed by atoms with E-state index in [2.05, 4.69) is 61.6 Å². The first-order valence-corrected chi connectivity index (χ1v) is 7.76. The standard InChI is InChI=1S/C18H23ClN2/c1-4-13-20-18(16-7-5-6-8-17(16)19)14-9-11-15(12-10-14)21(2)3/h5-12,18,20H,4,13H2,1-3H3. The third-order valence-corrected chi connectivity index (χ3v) is 3.90. The van der Waals surface area contributed by atoms with Gasteiger partial charge >= 0.3 is 0 Å². The zero-order chi connectivity index (χ0) is 15.2. The van der Waals surface area contributed by atoms with Crippen LogP contribution in [-0.2, 0) is 0 Å². The summed E-state index contributed by atoms with van der Waals surface area (Å²) in [5, 5.41) is 4.40. The van der Waals surface area contributed by atoms with Gasteiger partial charge in [0.05, 0.1) is 6.04 Å². The van der Waals surface area contributed by atoms with Gasteiger partial charge in [-0.2, -0.15) is 0 Å². The molecule has 0 fully saturated rings. The van der Waals surface area contributed by atoms with E-state index in [4.69, 9.17) is 11.6 Å². The topological polar surface area (TPSA) is 15.3 Å². The summed E-state index contributed by atoms with van der Waals surface area (Å²) in [5.41, 5.74) is 3.57. The Hall–Kier alpha value is -1.51. The minimum atomic E-state index is 0.134. The first-order valence-electron chi connectivity index (χ1n) is 7.38. The van der Waals surface area contributed by atoms with Gasteiger partial charge in [0.1, 0.15) is 0 Å². The molecule has 0 bridgehead atoms. The van der Waals surface area contributed by atoms with Crippen LogP contribution in [0.3, 0.4) is 0 Å². The maximum atomic E-state index is 6.38. The molecule has 0 aliphatic rings. The average molecular weight is 303 g/mol. The highest BCUT2D eigenvalue weighted by molar-refractivity contribution is 6.31. The van der Waals surface area contributed by atoms with Crippen molar-refractivity contribution in [2.24, 2.45) is 0 Å². The minimum Gasteiger partial charge on any atom is -0.378 e. The number of benzene rings is 2. The van der Waals surface area contributed by atoms with Crippen molar-refractivity contribution in [3.8, 4) is 0 Å². The molecule has 1 unspecified atom stereocenters. The van der Waals surface area contributed by atoms with E-state index in [0.29, 0.717) is 0 Å². The number of nitrogens with zero attached hydrogens (tertiary/aromatic N) is 1. The number of rotatable bonds is 6. The molecule has 0 aromatic heterocycles. The normalized spacial score (nSPS) is 12.2. The number of hydrogen-bond donors (Lipinski definition) is 1. The van der Waals surface area contributed by atoms with Crippen molar-refractivity contribution in [1.82, 2.24) is 5.32 Å². The van der Waals surface area contributed by atoms with Crippen LogP contribution in [0.15, 0.2) is 48.5 Å². The molecule has 3 heteroatoms. The molecule has 2 aromatic carbocycles. The summed E-state index contributed by atoms with van der Waals surface area (Å²) in [6, 6.07) is 16.8. The number of anilines is 1. The van der Waals surface area contributed by atoms with Gasteiger partial charge in [-0.25, -0.2) is 0 Å². The lowest BCUT2D eigenvalue weighted by atomic mass is 9.98. The predicted molar refractivity (Wildman–Crippen MR) is 92.4 cm³/mol. The van der Waals surface area contributed by atoms with Gasteiger partial charge in [0, 0.05) is 24.8 Å². The summed E-state index contributed by atoms with van der Waals surface area (Å²) in [7, 11) is 4.10. The third kappa shape index (κ3) is 3.99. The van der Waals surface area contributed by atoms with Gasteiger partial charge in [0.25, 0.3) is 0 Å². The maximum Gasteiger partial charge on any atom is 0.0591 e. The van der Waals surface area contributed by atoms with Crippen LogP contribution in [0.25, 0.3) is 0 Å². The average Bonchev–Trinajstić information content (AvgIpc) is 2.50. The van der Waals surface area contributed by atoms with Gasteiger partial charge in [0.15, 0.2) is 0 Å². The monoisotopic (exact) mass is 302 g/mol. The molecule has 0 saturated heterocycles. The van der Waals surface area contributed by atoms with E-state index < -0.39 is 0 Å². The minimum absolute atomic E-state index is 0.134. The SMILES string of the molecule is CCCNC(c1ccc(N(C)C)cc1)c1ccccc1Cl. The van der Waals surface area contributed by atoms with E-state index in [1.54, 1.807) is 0 Å². The number of hydrogen-bond acceptors (Lipinski definition) is 2. The first-order chi connectivity index (χ1) is 10.1. The largest absolute Gasteiger partial charge is 0.378 e. The van der Waals surface area contributed by atoms with Gasteiger partial charge in [-0.3, -0.25) is 0 Å². The van der Waals surface area contributed by atoms with Crippen LogP contribution in [0.2, 0.25) is 5.02 Å². The molecule has 21 heavy (non-hydrogen) atoms.